The Hall–Kier alpha value is -2.22. The number of amides is 1. The Morgan fingerprint density at radius 2 is 1.93 bits per heavy atom. The lowest BCUT2D eigenvalue weighted by molar-refractivity contribution is -0.118. The van der Waals surface area contributed by atoms with Crippen molar-refractivity contribution in [3.63, 3.8) is 0 Å². The monoisotopic (exact) mass is 450 g/mol. The Labute approximate surface area is 183 Å². The molecule has 1 aromatic heterocycles. The summed E-state index contributed by atoms with van der Waals surface area (Å²) < 4.78 is 7.72. The van der Waals surface area contributed by atoms with E-state index in [0.29, 0.717) is 33.3 Å². The number of carbonyl (C=O) groups is 1. The fourth-order valence-electron chi connectivity index (χ4n) is 2.59. The molecule has 6 nitrogen and oxygen atoms in total. The van der Waals surface area contributed by atoms with Crippen LogP contribution in [0.3, 0.4) is 0 Å². The molecule has 1 N–H and O–H groups in total. The summed E-state index contributed by atoms with van der Waals surface area (Å²) in [5.74, 6) is 1.47. The van der Waals surface area contributed by atoms with Crippen molar-refractivity contribution >= 4 is 40.9 Å². The third-order valence-electron chi connectivity index (χ3n) is 4.08. The molecule has 0 aliphatic heterocycles. The van der Waals surface area contributed by atoms with Crippen molar-refractivity contribution in [2.24, 2.45) is 7.05 Å². The predicted molar refractivity (Wildman–Crippen MR) is 116 cm³/mol. The highest BCUT2D eigenvalue weighted by Crippen LogP contribution is 2.25. The Bertz CT molecular complexity index is 979. The van der Waals surface area contributed by atoms with E-state index in [0.717, 1.165) is 5.56 Å². The number of nitrogens with one attached hydrogen (secondary N) is 1. The number of ether oxygens (including phenoxy) is 1. The van der Waals surface area contributed by atoms with Gasteiger partial charge in [-0.05, 0) is 42.8 Å². The van der Waals surface area contributed by atoms with E-state index in [4.69, 9.17) is 27.9 Å². The van der Waals surface area contributed by atoms with Gasteiger partial charge in [0.1, 0.15) is 5.75 Å². The van der Waals surface area contributed by atoms with Crippen molar-refractivity contribution in [1.29, 1.82) is 0 Å². The molecule has 29 heavy (non-hydrogen) atoms. The summed E-state index contributed by atoms with van der Waals surface area (Å²) in [7, 11) is 1.85. The molecule has 0 aliphatic rings. The van der Waals surface area contributed by atoms with Crippen molar-refractivity contribution in [2.45, 2.75) is 24.7 Å². The highest BCUT2D eigenvalue weighted by Gasteiger charge is 2.18. The van der Waals surface area contributed by atoms with Crippen molar-refractivity contribution in [3.8, 4) is 5.75 Å². The fourth-order valence-corrected chi connectivity index (χ4v) is 3.64. The van der Waals surface area contributed by atoms with Gasteiger partial charge in [-0.25, -0.2) is 0 Å². The molecule has 0 fully saturated rings. The first-order valence-corrected chi connectivity index (χ1v) is 10.6. The molecule has 0 aliphatic carbocycles. The third kappa shape index (κ3) is 6.13. The average Bonchev–Trinajstić information content (AvgIpc) is 3.06. The summed E-state index contributed by atoms with van der Waals surface area (Å²) in [5, 5.41) is 13.2. The summed E-state index contributed by atoms with van der Waals surface area (Å²) >= 11 is 13.2. The lowest BCUT2D eigenvalue weighted by atomic mass is 10.2. The van der Waals surface area contributed by atoms with Crippen LogP contribution in [0.2, 0.25) is 10.0 Å². The van der Waals surface area contributed by atoms with E-state index in [9.17, 15) is 4.79 Å². The van der Waals surface area contributed by atoms with E-state index in [-0.39, 0.29) is 17.8 Å². The Kier molecular flexibility index (Phi) is 7.41. The van der Waals surface area contributed by atoms with Crippen LogP contribution in [0, 0.1) is 0 Å². The number of nitrogens with zero attached hydrogens (tertiary/aromatic N) is 3. The molecule has 0 saturated carbocycles. The summed E-state index contributed by atoms with van der Waals surface area (Å²) in [4.78, 5) is 12.1. The number of hydrogen-bond acceptors (Lipinski definition) is 5. The van der Waals surface area contributed by atoms with E-state index in [1.807, 2.05) is 42.8 Å². The van der Waals surface area contributed by atoms with Gasteiger partial charge in [-0.15, -0.1) is 10.2 Å². The maximum Gasteiger partial charge on any atom is 0.230 e. The summed E-state index contributed by atoms with van der Waals surface area (Å²) in [6.07, 6.45) is -0.320. The molecule has 3 aromatic rings. The zero-order valence-electron chi connectivity index (χ0n) is 15.9. The summed E-state index contributed by atoms with van der Waals surface area (Å²) in [5.41, 5.74) is 0.987. The predicted octanol–water partition coefficient (Wildman–Crippen LogP) is 4.67. The first-order chi connectivity index (χ1) is 13.9. The van der Waals surface area contributed by atoms with Crippen LogP contribution in [0.15, 0.2) is 53.7 Å². The van der Waals surface area contributed by atoms with E-state index in [2.05, 4.69) is 15.5 Å². The zero-order chi connectivity index (χ0) is 20.8. The van der Waals surface area contributed by atoms with Gasteiger partial charge in [0.15, 0.2) is 17.1 Å². The molecular formula is C20H20Cl2N4O2S. The molecule has 1 amide bonds. The maximum absolute atomic E-state index is 12.1. The molecule has 1 unspecified atom stereocenters. The molecule has 0 spiro atoms. The largest absolute Gasteiger partial charge is 0.483 e. The van der Waals surface area contributed by atoms with Crippen LogP contribution in [-0.2, 0) is 18.4 Å². The van der Waals surface area contributed by atoms with Gasteiger partial charge in [0.25, 0.3) is 0 Å². The van der Waals surface area contributed by atoms with Crippen LogP contribution in [0.4, 0.5) is 0 Å². The zero-order valence-corrected chi connectivity index (χ0v) is 18.3. The Balaban J connectivity index is 1.52. The quantitative estimate of drug-likeness (QED) is 0.504. The molecule has 9 heteroatoms. The number of benzene rings is 2. The van der Waals surface area contributed by atoms with Gasteiger partial charge >= 0.3 is 0 Å². The van der Waals surface area contributed by atoms with E-state index in [1.165, 1.54) is 11.8 Å². The molecule has 0 bridgehead atoms. The van der Waals surface area contributed by atoms with E-state index < -0.39 is 0 Å². The number of halogens is 2. The number of hydrogen-bond donors (Lipinski definition) is 1. The number of aromatic nitrogens is 3. The van der Waals surface area contributed by atoms with Crippen molar-refractivity contribution in [1.82, 2.24) is 20.1 Å². The molecule has 1 heterocycles. The summed E-state index contributed by atoms with van der Waals surface area (Å²) in [6, 6.07) is 14.5. The molecule has 0 radical (unpaired) electrons. The average molecular weight is 451 g/mol. The minimum atomic E-state index is -0.320. The van der Waals surface area contributed by atoms with Gasteiger partial charge in [0, 0.05) is 23.6 Å². The molecule has 1 atom stereocenters. The van der Waals surface area contributed by atoms with Gasteiger partial charge in [0.05, 0.1) is 5.75 Å². The standard InChI is InChI=1S/C20H20Cl2N4O2S/c1-13(28-17-5-3-4-16(22)10-17)19-24-25-20(26(19)2)29-12-18(27)23-11-14-6-8-15(21)9-7-14/h3-10,13H,11-12H2,1-2H3,(H,23,27). The first-order valence-electron chi connectivity index (χ1n) is 8.88. The van der Waals surface area contributed by atoms with Crippen molar-refractivity contribution < 1.29 is 9.53 Å². The number of carbonyl (C=O) groups excluding carboxylic acids is 1. The second-order valence-corrected chi connectivity index (χ2v) is 8.12. The fraction of sp³-hybridized carbons (Fsp3) is 0.250. The van der Waals surface area contributed by atoms with Crippen LogP contribution in [0.1, 0.15) is 24.4 Å². The maximum atomic E-state index is 12.1. The molecular weight excluding hydrogens is 431 g/mol. The SMILES string of the molecule is CC(Oc1cccc(Cl)c1)c1nnc(SCC(=O)NCc2ccc(Cl)cc2)n1C. The Morgan fingerprint density at radius 3 is 2.66 bits per heavy atom. The second kappa shape index (κ2) is 10.0. The highest BCUT2D eigenvalue weighted by atomic mass is 35.5. The van der Waals surface area contributed by atoms with Crippen LogP contribution >= 0.6 is 35.0 Å². The number of rotatable bonds is 8. The minimum absolute atomic E-state index is 0.0854. The van der Waals surface area contributed by atoms with Crippen molar-refractivity contribution in [2.75, 3.05) is 5.75 Å². The lowest BCUT2D eigenvalue weighted by Crippen LogP contribution is -2.24. The second-order valence-electron chi connectivity index (χ2n) is 6.31. The highest BCUT2D eigenvalue weighted by molar-refractivity contribution is 7.99. The van der Waals surface area contributed by atoms with Crippen LogP contribution in [-0.4, -0.2) is 26.4 Å². The summed E-state index contributed by atoms with van der Waals surface area (Å²) in [6.45, 7) is 2.34. The van der Waals surface area contributed by atoms with Crippen molar-refractivity contribution in [3.05, 3.63) is 70.0 Å². The van der Waals surface area contributed by atoms with Gasteiger partial charge in [-0.2, -0.15) is 0 Å². The van der Waals surface area contributed by atoms with Crippen LogP contribution < -0.4 is 10.1 Å². The smallest absolute Gasteiger partial charge is 0.230 e. The third-order valence-corrected chi connectivity index (χ3v) is 5.58. The molecule has 152 valence electrons. The van der Waals surface area contributed by atoms with Gasteiger partial charge in [-0.1, -0.05) is 53.2 Å². The van der Waals surface area contributed by atoms with Gasteiger partial charge < -0.3 is 14.6 Å². The van der Waals surface area contributed by atoms with E-state index in [1.54, 1.807) is 24.3 Å². The topological polar surface area (TPSA) is 69.0 Å². The van der Waals surface area contributed by atoms with Crippen LogP contribution in [0.25, 0.3) is 0 Å². The van der Waals surface area contributed by atoms with Gasteiger partial charge in [-0.3, -0.25) is 4.79 Å². The first kappa shape index (κ1) is 21.5. The Morgan fingerprint density at radius 1 is 1.17 bits per heavy atom. The number of thioether (sulfide) groups is 1. The molecule has 0 saturated heterocycles. The van der Waals surface area contributed by atoms with E-state index >= 15 is 0 Å². The van der Waals surface area contributed by atoms with Gasteiger partial charge in [0.2, 0.25) is 5.91 Å². The minimum Gasteiger partial charge on any atom is -0.483 e. The normalized spacial score (nSPS) is 11.9. The lowest BCUT2D eigenvalue weighted by Gasteiger charge is -2.14. The molecule has 2 aromatic carbocycles. The van der Waals surface area contributed by atoms with Crippen LogP contribution in [0.5, 0.6) is 5.75 Å². The molecule has 3 rings (SSSR count).